The standard InChI is InChI=1S/C21H12Cl5F6N3O3/c22-8-3-7(4-9(23)5-8)13-14(19(13,25)26)17(37)33-10-1-2-12(24)11(6-10)16(36)34-35-18(38)15(20(27,28)29)21(30,31)32/h1-6,13-15H,(H,33,37)(H,34,36)(H,35,38)/t13-,14+/m0/s1. The molecule has 38 heavy (non-hydrogen) atoms. The van der Waals surface area contributed by atoms with Crippen LogP contribution in [-0.2, 0) is 9.59 Å². The van der Waals surface area contributed by atoms with Crippen LogP contribution in [0, 0.1) is 11.8 Å². The number of rotatable bonds is 5. The molecular weight excluding hydrogens is 634 g/mol. The lowest BCUT2D eigenvalue weighted by molar-refractivity contribution is -0.274. The van der Waals surface area contributed by atoms with E-state index in [4.69, 9.17) is 58.0 Å². The highest BCUT2D eigenvalue weighted by Crippen LogP contribution is 2.65. The van der Waals surface area contributed by atoms with E-state index >= 15 is 0 Å². The van der Waals surface area contributed by atoms with Gasteiger partial charge < -0.3 is 5.32 Å². The zero-order valence-corrected chi connectivity index (χ0v) is 21.9. The van der Waals surface area contributed by atoms with Crippen LogP contribution in [0.2, 0.25) is 15.1 Å². The second-order valence-corrected chi connectivity index (χ2v) is 10.7. The predicted molar refractivity (Wildman–Crippen MR) is 128 cm³/mol. The summed E-state index contributed by atoms with van der Waals surface area (Å²) in [6, 6.07) is 7.82. The van der Waals surface area contributed by atoms with Crippen molar-refractivity contribution in [2.45, 2.75) is 22.6 Å². The summed E-state index contributed by atoms with van der Waals surface area (Å²) in [7, 11) is 0. The Morgan fingerprint density at radius 2 is 1.39 bits per heavy atom. The molecule has 0 heterocycles. The van der Waals surface area contributed by atoms with Gasteiger partial charge in [-0.15, -0.1) is 23.2 Å². The molecule has 3 amide bonds. The van der Waals surface area contributed by atoms with Crippen molar-refractivity contribution in [3.8, 4) is 0 Å². The van der Waals surface area contributed by atoms with E-state index < -0.39 is 57.7 Å². The lowest BCUT2D eigenvalue weighted by Crippen LogP contribution is -2.53. The molecular formula is C21H12Cl5F6N3O3. The maximum absolute atomic E-state index is 12.8. The summed E-state index contributed by atoms with van der Waals surface area (Å²) >= 11 is 30.4. The number of nitrogens with one attached hydrogen (secondary N) is 3. The third-order valence-electron chi connectivity index (χ3n) is 5.27. The monoisotopic (exact) mass is 643 g/mol. The Bertz CT molecular complexity index is 1250. The molecule has 2 aromatic carbocycles. The van der Waals surface area contributed by atoms with E-state index in [1.807, 2.05) is 0 Å². The average Bonchev–Trinajstić information content (AvgIpc) is 3.32. The second kappa shape index (κ2) is 10.8. The van der Waals surface area contributed by atoms with Gasteiger partial charge in [0.1, 0.15) is 4.33 Å². The third kappa shape index (κ3) is 6.71. The lowest BCUT2D eigenvalue weighted by Gasteiger charge is -2.22. The first-order valence-electron chi connectivity index (χ1n) is 10.0. The molecule has 1 aliphatic rings. The number of carbonyl (C=O) groups excluding carboxylic acids is 3. The predicted octanol–water partition coefficient (Wildman–Crippen LogP) is 6.67. The number of hydrazine groups is 1. The van der Waals surface area contributed by atoms with E-state index in [-0.39, 0.29) is 20.8 Å². The molecule has 0 aromatic heterocycles. The molecule has 2 aromatic rings. The van der Waals surface area contributed by atoms with Crippen molar-refractivity contribution in [1.29, 1.82) is 0 Å². The number of carbonyl (C=O) groups is 3. The van der Waals surface area contributed by atoms with Crippen molar-refractivity contribution >= 4 is 81.4 Å². The fraction of sp³-hybridized carbons (Fsp3) is 0.286. The van der Waals surface area contributed by atoms with Crippen LogP contribution >= 0.6 is 58.0 Å². The first kappa shape index (κ1) is 30.4. The first-order valence-corrected chi connectivity index (χ1v) is 11.9. The first-order chi connectivity index (χ1) is 17.3. The Balaban J connectivity index is 1.72. The molecule has 0 spiro atoms. The molecule has 6 nitrogen and oxygen atoms in total. The summed E-state index contributed by atoms with van der Waals surface area (Å²) in [4.78, 5) is 36.7. The highest BCUT2D eigenvalue weighted by molar-refractivity contribution is 6.53. The van der Waals surface area contributed by atoms with Crippen LogP contribution in [0.15, 0.2) is 36.4 Å². The van der Waals surface area contributed by atoms with E-state index in [0.717, 1.165) is 17.6 Å². The van der Waals surface area contributed by atoms with Gasteiger partial charge in [0.15, 0.2) is 0 Å². The molecule has 1 fully saturated rings. The Kier molecular flexibility index (Phi) is 8.65. The van der Waals surface area contributed by atoms with Crippen LogP contribution in [0.3, 0.4) is 0 Å². The average molecular weight is 646 g/mol. The van der Waals surface area contributed by atoms with E-state index in [9.17, 15) is 40.7 Å². The molecule has 0 bridgehead atoms. The van der Waals surface area contributed by atoms with Crippen LogP contribution in [0.25, 0.3) is 0 Å². The van der Waals surface area contributed by atoms with Crippen molar-refractivity contribution in [3.05, 3.63) is 62.6 Å². The minimum atomic E-state index is -5.97. The van der Waals surface area contributed by atoms with Crippen LogP contribution in [0.1, 0.15) is 21.8 Å². The van der Waals surface area contributed by atoms with Gasteiger partial charge in [0, 0.05) is 21.7 Å². The van der Waals surface area contributed by atoms with Gasteiger partial charge in [-0.05, 0) is 42.0 Å². The van der Waals surface area contributed by atoms with E-state index in [0.29, 0.717) is 5.56 Å². The summed E-state index contributed by atoms with van der Waals surface area (Å²) in [6.45, 7) is 0. The topological polar surface area (TPSA) is 87.3 Å². The van der Waals surface area contributed by atoms with E-state index in [2.05, 4.69) is 5.32 Å². The molecule has 3 rings (SSSR count). The third-order valence-corrected chi connectivity index (χ3v) is 6.98. The highest BCUT2D eigenvalue weighted by Gasteiger charge is 2.67. The fourth-order valence-electron chi connectivity index (χ4n) is 3.56. The van der Waals surface area contributed by atoms with Crippen molar-refractivity contribution in [1.82, 2.24) is 10.9 Å². The molecule has 17 heteroatoms. The van der Waals surface area contributed by atoms with Crippen molar-refractivity contribution in [2.75, 3.05) is 5.32 Å². The number of benzene rings is 2. The van der Waals surface area contributed by atoms with Crippen LogP contribution < -0.4 is 16.2 Å². The quantitative estimate of drug-likeness (QED) is 0.193. The molecule has 1 aliphatic carbocycles. The van der Waals surface area contributed by atoms with Gasteiger partial charge in [-0.2, -0.15) is 26.3 Å². The molecule has 206 valence electrons. The van der Waals surface area contributed by atoms with E-state index in [1.54, 1.807) is 0 Å². The van der Waals surface area contributed by atoms with E-state index in [1.165, 1.54) is 29.7 Å². The van der Waals surface area contributed by atoms with Gasteiger partial charge in [-0.3, -0.25) is 25.2 Å². The lowest BCUT2D eigenvalue weighted by atomic mass is 10.1. The zero-order valence-electron chi connectivity index (χ0n) is 18.1. The maximum Gasteiger partial charge on any atom is 0.409 e. The summed E-state index contributed by atoms with van der Waals surface area (Å²) < 4.78 is 74.5. The Morgan fingerprint density at radius 1 is 0.842 bits per heavy atom. The largest absolute Gasteiger partial charge is 0.409 e. The number of anilines is 1. The van der Waals surface area contributed by atoms with Gasteiger partial charge in [0.05, 0.1) is 16.5 Å². The number of hydrogen-bond acceptors (Lipinski definition) is 3. The molecule has 0 unspecified atom stereocenters. The molecule has 0 saturated heterocycles. The summed E-state index contributed by atoms with van der Waals surface area (Å²) in [5.74, 6) is -10.7. The van der Waals surface area contributed by atoms with Gasteiger partial charge in [-0.1, -0.05) is 34.8 Å². The van der Waals surface area contributed by atoms with Gasteiger partial charge in [0.25, 0.3) is 11.8 Å². The molecule has 0 radical (unpaired) electrons. The minimum Gasteiger partial charge on any atom is -0.326 e. The Hall–Kier alpha value is -2.12. The molecule has 3 N–H and O–H groups in total. The van der Waals surface area contributed by atoms with Crippen LogP contribution in [0.4, 0.5) is 32.0 Å². The summed E-state index contributed by atoms with van der Waals surface area (Å²) in [5, 5.41) is 2.69. The highest BCUT2D eigenvalue weighted by atomic mass is 35.5. The molecule has 1 saturated carbocycles. The molecule has 2 atom stereocenters. The smallest absolute Gasteiger partial charge is 0.326 e. The van der Waals surface area contributed by atoms with Gasteiger partial charge >= 0.3 is 12.4 Å². The van der Waals surface area contributed by atoms with Crippen LogP contribution in [-0.4, -0.2) is 34.4 Å². The summed E-state index contributed by atoms with van der Waals surface area (Å²) in [5.41, 5.74) is 2.42. The maximum atomic E-state index is 12.8. The van der Waals surface area contributed by atoms with Crippen molar-refractivity contribution in [3.63, 3.8) is 0 Å². The van der Waals surface area contributed by atoms with Crippen LogP contribution in [0.5, 0.6) is 0 Å². The SMILES string of the molecule is O=C(NNC(=O)C(C(F)(F)F)C(F)(F)F)c1cc(NC(=O)[C@H]2[C@H](c3cc(Cl)cc(Cl)c3)C2(Cl)Cl)ccc1Cl. The Morgan fingerprint density at radius 3 is 1.92 bits per heavy atom. The minimum absolute atomic E-state index is 0.0572. The van der Waals surface area contributed by atoms with Gasteiger partial charge in [-0.25, -0.2) is 0 Å². The Labute approximate surface area is 234 Å². The number of halogens is 11. The normalized spacial score (nSPS) is 18.6. The zero-order chi connectivity index (χ0) is 28.8. The molecule has 0 aliphatic heterocycles. The van der Waals surface area contributed by atoms with Crippen molar-refractivity contribution in [2.24, 2.45) is 11.8 Å². The number of hydrogen-bond donors (Lipinski definition) is 3. The summed E-state index contributed by atoms with van der Waals surface area (Å²) in [6.07, 6.45) is -11.9. The number of alkyl halides is 8. The van der Waals surface area contributed by atoms with Crippen molar-refractivity contribution < 1.29 is 40.7 Å². The van der Waals surface area contributed by atoms with Gasteiger partial charge in [0.2, 0.25) is 11.8 Å². The second-order valence-electron chi connectivity index (χ2n) is 7.98. The fourth-order valence-corrected chi connectivity index (χ4v) is 5.13. The number of amides is 3.